The van der Waals surface area contributed by atoms with Crippen LogP contribution in [0.25, 0.3) is 0 Å². The summed E-state index contributed by atoms with van der Waals surface area (Å²) in [7, 11) is -3.72. The third kappa shape index (κ3) is 7.42. The van der Waals surface area contributed by atoms with Crippen molar-refractivity contribution in [2.75, 3.05) is 19.8 Å². The van der Waals surface area contributed by atoms with Gasteiger partial charge in [-0.3, -0.25) is 0 Å². The van der Waals surface area contributed by atoms with Crippen molar-refractivity contribution in [1.29, 1.82) is 0 Å². The van der Waals surface area contributed by atoms with Crippen molar-refractivity contribution in [2.45, 2.75) is 57.8 Å². The van der Waals surface area contributed by atoms with E-state index in [0.29, 0.717) is 19.8 Å². The van der Waals surface area contributed by atoms with E-state index in [0.717, 1.165) is 6.42 Å². The van der Waals surface area contributed by atoms with Gasteiger partial charge in [-0.1, -0.05) is 32.3 Å². The molecule has 0 fully saturated rings. The summed E-state index contributed by atoms with van der Waals surface area (Å²) in [5, 5.41) is 1.90. The van der Waals surface area contributed by atoms with Crippen molar-refractivity contribution in [3.63, 3.8) is 0 Å². The van der Waals surface area contributed by atoms with E-state index >= 15 is 0 Å². The highest BCUT2D eigenvalue weighted by atomic mass is 32.2. The fraction of sp³-hybridized carbons (Fsp3) is 0.857. The molecule has 6 heteroatoms. The van der Waals surface area contributed by atoms with Gasteiger partial charge in [-0.25, -0.2) is 0 Å². The molecule has 0 heterocycles. The summed E-state index contributed by atoms with van der Waals surface area (Å²) in [4.78, 5) is 0.256. The Morgan fingerprint density at radius 3 is 1.75 bits per heavy atom. The van der Waals surface area contributed by atoms with Crippen LogP contribution in [-0.4, -0.2) is 41.6 Å². The van der Waals surface area contributed by atoms with Crippen LogP contribution in [-0.2, 0) is 13.3 Å². The van der Waals surface area contributed by atoms with E-state index in [9.17, 15) is 0 Å². The number of hydrogen-bond donors (Lipinski definition) is 0. The maximum Gasteiger partial charge on any atom is 0.514 e. The minimum Gasteiger partial charge on any atom is -0.373 e. The van der Waals surface area contributed by atoms with Crippen LogP contribution in [0.2, 0.25) is 25.7 Å². The van der Waals surface area contributed by atoms with Crippen LogP contribution in [0.4, 0.5) is 0 Å². The Labute approximate surface area is 131 Å². The molecular formula is C14H32O3SSi2. The molecule has 0 saturated heterocycles. The van der Waals surface area contributed by atoms with Crippen LogP contribution in [0.1, 0.15) is 27.2 Å². The van der Waals surface area contributed by atoms with Crippen molar-refractivity contribution < 1.29 is 13.3 Å². The zero-order valence-corrected chi connectivity index (χ0v) is 16.8. The average molecular weight is 337 g/mol. The van der Waals surface area contributed by atoms with E-state index < -0.39 is 16.9 Å². The molecule has 0 bridgehead atoms. The minimum atomic E-state index is -2.63. The van der Waals surface area contributed by atoms with Crippen LogP contribution in [0.3, 0.4) is 0 Å². The predicted octanol–water partition coefficient (Wildman–Crippen LogP) is 4.55. The van der Waals surface area contributed by atoms with Gasteiger partial charge in [0.25, 0.3) is 0 Å². The van der Waals surface area contributed by atoms with Gasteiger partial charge in [0.1, 0.15) is 0 Å². The SMILES string of the molecule is C=CSC(CC[Si](C)(C)C)[Si](OCC)(OCC)OCC. The molecule has 0 radical (unpaired) electrons. The highest BCUT2D eigenvalue weighted by molar-refractivity contribution is 8.04. The summed E-state index contributed by atoms with van der Waals surface area (Å²) < 4.78 is 18.1. The Morgan fingerprint density at radius 1 is 1.00 bits per heavy atom. The Kier molecular flexibility index (Phi) is 10.4. The lowest BCUT2D eigenvalue weighted by molar-refractivity contribution is 0.0692. The van der Waals surface area contributed by atoms with Crippen molar-refractivity contribution in [1.82, 2.24) is 0 Å². The third-order valence-corrected chi connectivity index (χ3v) is 9.82. The smallest absolute Gasteiger partial charge is 0.373 e. The van der Waals surface area contributed by atoms with Crippen LogP contribution in [0, 0.1) is 0 Å². The van der Waals surface area contributed by atoms with Gasteiger partial charge in [0.2, 0.25) is 0 Å². The Balaban J connectivity index is 5.10. The summed E-state index contributed by atoms with van der Waals surface area (Å²) in [5.74, 6) is 0. The number of thioether (sulfide) groups is 1. The van der Waals surface area contributed by atoms with Crippen molar-refractivity contribution in [2.24, 2.45) is 0 Å². The van der Waals surface area contributed by atoms with Crippen molar-refractivity contribution in [3.05, 3.63) is 12.0 Å². The first kappa shape index (κ1) is 20.4. The first-order chi connectivity index (χ1) is 9.35. The fourth-order valence-electron chi connectivity index (χ4n) is 2.02. The van der Waals surface area contributed by atoms with Gasteiger partial charge < -0.3 is 13.3 Å². The summed E-state index contributed by atoms with van der Waals surface area (Å²) >= 11 is 1.72. The third-order valence-electron chi connectivity index (χ3n) is 2.85. The summed E-state index contributed by atoms with van der Waals surface area (Å²) in [6.45, 7) is 19.0. The lowest BCUT2D eigenvalue weighted by Crippen LogP contribution is -2.55. The summed E-state index contributed by atoms with van der Waals surface area (Å²) in [5.41, 5.74) is 0. The van der Waals surface area contributed by atoms with Gasteiger partial charge in [0, 0.05) is 27.9 Å². The monoisotopic (exact) mass is 336 g/mol. The second-order valence-corrected chi connectivity index (χ2v) is 15.8. The first-order valence-electron chi connectivity index (χ1n) is 7.53. The molecule has 1 unspecified atom stereocenters. The molecule has 0 aliphatic heterocycles. The highest BCUT2D eigenvalue weighted by Gasteiger charge is 2.49. The van der Waals surface area contributed by atoms with Gasteiger partial charge in [-0.15, -0.1) is 11.8 Å². The van der Waals surface area contributed by atoms with Crippen molar-refractivity contribution in [3.8, 4) is 0 Å². The molecule has 0 aliphatic carbocycles. The average Bonchev–Trinajstić information content (AvgIpc) is 2.34. The molecule has 0 aromatic rings. The molecule has 0 amide bonds. The molecule has 1 atom stereocenters. The quantitative estimate of drug-likeness (QED) is 0.489. The van der Waals surface area contributed by atoms with Gasteiger partial charge >= 0.3 is 8.80 Å². The first-order valence-corrected chi connectivity index (χ1v) is 14.0. The standard InChI is InChI=1S/C14H32O3SSi2/c1-8-15-20(16-9-2,17-10-3)14(18-11-4)12-13-19(5,6)7/h11,14H,4,8-10,12-13H2,1-3,5-7H3. The molecule has 0 N–H and O–H groups in total. The van der Waals surface area contributed by atoms with Gasteiger partial charge in [0.05, 0.1) is 4.87 Å². The molecule has 0 rings (SSSR count). The van der Waals surface area contributed by atoms with Gasteiger partial charge in [-0.2, -0.15) is 0 Å². The largest absolute Gasteiger partial charge is 0.514 e. The Hall–Kier alpha value is 0.404. The predicted molar refractivity (Wildman–Crippen MR) is 95.0 cm³/mol. The number of rotatable bonds is 12. The molecule has 20 heavy (non-hydrogen) atoms. The van der Waals surface area contributed by atoms with E-state index in [2.05, 4.69) is 26.2 Å². The maximum absolute atomic E-state index is 6.03. The lowest BCUT2D eigenvalue weighted by atomic mass is 10.6. The van der Waals surface area contributed by atoms with Crippen molar-refractivity contribution >= 4 is 28.6 Å². The molecule has 0 aromatic heterocycles. The number of hydrogen-bond acceptors (Lipinski definition) is 4. The molecule has 0 spiro atoms. The highest BCUT2D eigenvalue weighted by Crippen LogP contribution is 2.32. The zero-order valence-electron chi connectivity index (χ0n) is 14.0. The van der Waals surface area contributed by atoms with Crippen LogP contribution in [0.5, 0.6) is 0 Å². The second-order valence-electron chi connectivity index (χ2n) is 5.79. The maximum atomic E-state index is 6.03. The summed E-state index contributed by atoms with van der Waals surface area (Å²) in [6.07, 6.45) is 1.08. The van der Waals surface area contributed by atoms with Gasteiger partial charge in [-0.05, 0) is 32.6 Å². The fourth-order valence-corrected chi connectivity index (χ4v) is 8.24. The van der Waals surface area contributed by atoms with Crippen LogP contribution >= 0.6 is 11.8 Å². The normalized spacial score (nSPS) is 14.3. The molecule has 0 aromatic carbocycles. The van der Waals surface area contributed by atoms with Crippen LogP contribution in [0.15, 0.2) is 12.0 Å². The molecular weight excluding hydrogens is 304 g/mol. The Morgan fingerprint density at radius 2 is 1.45 bits per heavy atom. The molecule has 3 nitrogen and oxygen atoms in total. The van der Waals surface area contributed by atoms with E-state index in [1.54, 1.807) is 11.8 Å². The van der Waals surface area contributed by atoms with Crippen LogP contribution < -0.4 is 0 Å². The van der Waals surface area contributed by atoms with E-state index in [4.69, 9.17) is 13.3 Å². The molecule has 120 valence electrons. The minimum absolute atomic E-state index is 0.256. The lowest BCUT2D eigenvalue weighted by Gasteiger charge is -2.35. The second kappa shape index (κ2) is 10.2. The van der Waals surface area contributed by atoms with E-state index in [-0.39, 0.29) is 4.87 Å². The van der Waals surface area contributed by atoms with E-state index in [1.165, 1.54) is 6.04 Å². The molecule has 0 saturated carbocycles. The Bertz CT molecular complexity index is 253. The molecule has 0 aliphatic rings. The van der Waals surface area contributed by atoms with Gasteiger partial charge in [0.15, 0.2) is 0 Å². The zero-order chi connectivity index (χ0) is 15.6. The topological polar surface area (TPSA) is 27.7 Å². The summed E-state index contributed by atoms with van der Waals surface area (Å²) in [6, 6.07) is 1.25. The van der Waals surface area contributed by atoms with E-state index in [1.807, 2.05) is 26.2 Å².